The van der Waals surface area contributed by atoms with Gasteiger partial charge in [-0.1, -0.05) is 158 Å². The molecule has 7 aromatic carbocycles. The Morgan fingerprint density at radius 3 is 1.27 bits per heavy atom. The third kappa shape index (κ3) is 6.56. The third-order valence-electron chi connectivity index (χ3n) is 9.33. The van der Waals surface area contributed by atoms with E-state index >= 15 is 0 Å². The molecule has 0 fully saturated rings. The summed E-state index contributed by atoms with van der Waals surface area (Å²) in [5, 5.41) is 3.95. The van der Waals surface area contributed by atoms with E-state index in [4.69, 9.17) is 0 Å². The first kappa shape index (κ1) is 32.7. The molecule has 2 heterocycles. The van der Waals surface area contributed by atoms with Crippen LogP contribution in [0.5, 0.6) is 0 Å². The average Bonchev–Trinajstić information content (AvgIpc) is 3.79. The fraction of sp³-hybridized carbons (Fsp3) is 0.0208. The first-order chi connectivity index (χ1) is 25.7. The van der Waals surface area contributed by atoms with Crippen molar-refractivity contribution in [3.05, 3.63) is 222 Å². The zero-order chi connectivity index (χ0) is 35.3. The van der Waals surface area contributed by atoms with Gasteiger partial charge >= 0.3 is 0 Å². The predicted octanol–water partition coefficient (Wildman–Crippen LogP) is 12.0. The lowest BCUT2D eigenvalue weighted by Crippen LogP contribution is -2.20. The van der Waals surface area contributed by atoms with Crippen LogP contribution in [0.2, 0.25) is 0 Å². The number of para-hydroxylation sites is 1. The Bertz CT molecular complexity index is 2460. The van der Waals surface area contributed by atoms with Crippen LogP contribution in [-0.2, 0) is 6.42 Å². The van der Waals surface area contributed by atoms with Crippen LogP contribution in [0.3, 0.4) is 0 Å². The van der Waals surface area contributed by atoms with Gasteiger partial charge in [0.2, 0.25) is 0 Å². The average molecular weight is 688 g/mol. The van der Waals surface area contributed by atoms with Gasteiger partial charge in [-0.25, -0.2) is 0 Å². The molecule has 0 N–H and O–H groups in total. The molecule has 0 unspecified atom stereocenters. The number of thiophene rings is 1. The molecule has 0 bridgehead atoms. The van der Waals surface area contributed by atoms with Crippen LogP contribution in [0.15, 0.2) is 188 Å². The van der Waals surface area contributed by atoms with Gasteiger partial charge in [0.1, 0.15) is 0 Å². The molecule has 4 heteroatoms. The molecule has 2 aliphatic rings. The van der Waals surface area contributed by atoms with E-state index in [9.17, 15) is 9.59 Å². The molecule has 0 saturated carbocycles. The highest BCUT2D eigenvalue weighted by atomic mass is 32.1. The summed E-state index contributed by atoms with van der Waals surface area (Å²) < 4.78 is 2.76. The Morgan fingerprint density at radius 2 is 0.769 bits per heavy atom. The summed E-state index contributed by atoms with van der Waals surface area (Å²) in [6, 6.07) is 60.4. The third-order valence-corrected chi connectivity index (χ3v) is 10.5. The summed E-state index contributed by atoms with van der Waals surface area (Å²) in [7, 11) is 0. The minimum Gasteiger partial charge on any atom is -0.289 e. The molecule has 0 atom stereocenters. The van der Waals surface area contributed by atoms with E-state index in [2.05, 4.69) is 114 Å². The largest absolute Gasteiger partial charge is 0.289 e. The maximum absolute atomic E-state index is 12.1. The monoisotopic (exact) mass is 687 g/mol. The summed E-state index contributed by atoms with van der Waals surface area (Å²) in [6.07, 6.45) is 2.91. The zero-order valence-corrected chi connectivity index (χ0v) is 29.1. The van der Waals surface area contributed by atoms with Crippen LogP contribution in [0.25, 0.3) is 42.2 Å². The Hall–Kier alpha value is -6.49. The van der Waals surface area contributed by atoms with Gasteiger partial charge < -0.3 is 0 Å². The maximum Gasteiger partial charge on any atom is 0.194 e. The quantitative estimate of drug-likeness (QED) is 0.159. The molecule has 52 heavy (non-hydrogen) atoms. The molecule has 248 valence electrons. The number of carbonyl (C=O) groups is 2. The van der Waals surface area contributed by atoms with E-state index in [0.29, 0.717) is 22.3 Å². The highest BCUT2D eigenvalue weighted by molar-refractivity contribution is 7.25. The summed E-state index contributed by atoms with van der Waals surface area (Å²) in [6.45, 7) is 0. The standard InChI is InChI=1S/C14H8O2.C13H10.C12H8S.C9H7N/c15-13-9-5-1-2-6-10(9)14(16)12-8-4-3-7-11(12)13;1-3-7-12-10(5-1)9-11-6-2-4-8-13(11)12;1-3-7-11-9(5-1)10-6-2-4-8-12(10)13-11;1-2-6-9-8(4-1)5-3-7-10-9/h1-8H;1-8H,9H2;1-8H;1-7H. The van der Waals surface area contributed by atoms with Crippen molar-refractivity contribution in [2.45, 2.75) is 6.42 Å². The number of rotatable bonds is 0. The van der Waals surface area contributed by atoms with Crippen molar-refractivity contribution < 1.29 is 9.59 Å². The van der Waals surface area contributed by atoms with Crippen LogP contribution < -0.4 is 0 Å². The van der Waals surface area contributed by atoms with Gasteiger partial charge in [-0.3, -0.25) is 14.6 Å². The minimum absolute atomic E-state index is 0.0641. The summed E-state index contributed by atoms with van der Waals surface area (Å²) >= 11 is 1.86. The molecule has 0 radical (unpaired) electrons. The second-order valence-electron chi connectivity index (χ2n) is 12.5. The molecule has 3 nitrogen and oxygen atoms in total. The number of benzene rings is 7. The molecular formula is C48H33NO2S. The van der Waals surface area contributed by atoms with Crippen LogP contribution in [0.1, 0.15) is 43.0 Å². The lowest BCUT2D eigenvalue weighted by molar-refractivity contribution is 0.0979. The van der Waals surface area contributed by atoms with E-state index in [0.717, 1.165) is 11.9 Å². The van der Waals surface area contributed by atoms with Crippen molar-refractivity contribution in [2.24, 2.45) is 0 Å². The highest BCUT2D eigenvalue weighted by Gasteiger charge is 2.28. The van der Waals surface area contributed by atoms with Crippen LogP contribution >= 0.6 is 11.3 Å². The van der Waals surface area contributed by atoms with Gasteiger partial charge in [0, 0.05) is 54.0 Å². The summed E-state index contributed by atoms with van der Waals surface area (Å²) in [5.41, 5.74) is 8.84. The lowest BCUT2D eigenvalue weighted by Gasteiger charge is -2.16. The molecule has 0 saturated heterocycles. The Balaban J connectivity index is 0.000000100. The van der Waals surface area contributed by atoms with Crippen LogP contribution in [0.4, 0.5) is 0 Å². The van der Waals surface area contributed by atoms with Crippen molar-refractivity contribution in [2.75, 3.05) is 0 Å². The molecule has 11 rings (SSSR count). The van der Waals surface area contributed by atoms with Gasteiger partial charge in [-0.15, -0.1) is 11.3 Å². The van der Waals surface area contributed by atoms with Crippen molar-refractivity contribution in [3.63, 3.8) is 0 Å². The van der Waals surface area contributed by atoms with Crippen molar-refractivity contribution in [3.8, 4) is 11.1 Å². The SMILES string of the molecule is O=C1c2ccccc2C(=O)c2ccccc21.c1ccc2c(c1)Cc1ccccc1-2.c1ccc2c(c1)sc1ccccc12.c1ccc2ncccc2c1. The smallest absolute Gasteiger partial charge is 0.194 e. The normalized spacial score (nSPS) is 11.8. The maximum atomic E-state index is 12.1. The number of carbonyl (C=O) groups excluding carboxylic acids is 2. The number of pyridine rings is 1. The van der Waals surface area contributed by atoms with Gasteiger partial charge in [0.25, 0.3) is 0 Å². The second kappa shape index (κ2) is 14.8. The number of aromatic nitrogens is 1. The van der Waals surface area contributed by atoms with E-state index in [1.165, 1.54) is 47.8 Å². The number of hydrogen-bond donors (Lipinski definition) is 0. The number of ketones is 2. The first-order valence-electron chi connectivity index (χ1n) is 17.3. The molecule has 2 aromatic heterocycles. The number of nitrogens with zero attached hydrogens (tertiary/aromatic N) is 1. The van der Waals surface area contributed by atoms with E-state index in [1.54, 1.807) is 48.5 Å². The Kier molecular flexibility index (Phi) is 9.29. The Labute approximate surface area is 306 Å². The first-order valence-corrected chi connectivity index (χ1v) is 18.1. The fourth-order valence-corrected chi connectivity index (χ4v) is 7.92. The van der Waals surface area contributed by atoms with E-state index < -0.39 is 0 Å². The minimum atomic E-state index is -0.0641. The van der Waals surface area contributed by atoms with Gasteiger partial charge in [0.05, 0.1) is 5.52 Å². The van der Waals surface area contributed by atoms with Crippen molar-refractivity contribution >= 4 is 54.0 Å². The highest BCUT2D eigenvalue weighted by Crippen LogP contribution is 2.36. The molecule has 0 spiro atoms. The van der Waals surface area contributed by atoms with Gasteiger partial charge in [0.15, 0.2) is 11.6 Å². The molecular weight excluding hydrogens is 655 g/mol. The predicted molar refractivity (Wildman–Crippen MR) is 216 cm³/mol. The molecule has 9 aromatic rings. The second-order valence-corrected chi connectivity index (χ2v) is 13.6. The molecule has 2 aliphatic carbocycles. The number of fused-ring (bicyclic) bond motifs is 9. The number of hydrogen-bond acceptors (Lipinski definition) is 4. The van der Waals surface area contributed by atoms with Crippen LogP contribution in [-0.4, -0.2) is 16.6 Å². The van der Waals surface area contributed by atoms with Crippen molar-refractivity contribution in [1.82, 2.24) is 4.98 Å². The van der Waals surface area contributed by atoms with E-state index in [-0.39, 0.29) is 11.6 Å². The fourth-order valence-electron chi connectivity index (χ4n) is 6.82. The van der Waals surface area contributed by atoms with Gasteiger partial charge in [-0.05, 0) is 52.9 Å². The molecule has 0 amide bonds. The zero-order valence-electron chi connectivity index (χ0n) is 28.3. The molecule has 0 aliphatic heterocycles. The summed E-state index contributed by atoms with van der Waals surface area (Å²) in [5.74, 6) is -0.128. The van der Waals surface area contributed by atoms with E-state index in [1.807, 2.05) is 41.8 Å². The van der Waals surface area contributed by atoms with Crippen LogP contribution in [0, 0.1) is 0 Å². The van der Waals surface area contributed by atoms with Gasteiger partial charge in [-0.2, -0.15) is 0 Å². The topological polar surface area (TPSA) is 47.0 Å². The lowest BCUT2D eigenvalue weighted by atomic mass is 9.84. The Morgan fingerprint density at radius 1 is 0.385 bits per heavy atom. The van der Waals surface area contributed by atoms with Crippen molar-refractivity contribution in [1.29, 1.82) is 0 Å². The summed E-state index contributed by atoms with van der Waals surface area (Å²) in [4.78, 5) is 28.4.